The number of rotatable bonds is 8. The summed E-state index contributed by atoms with van der Waals surface area (Å²) >= 11 is 0. The van der Waals surface area contributed by atoms with Crippen molar-refractivity contribution in [2.24, 2.45) is 0 Å². The van der Waals surface area contributed by atoms with Crippen LogP contribution in [0.2, 0.25) is 0 Å². The summed E-state index contributed by atoms with van der Waals surface area (Å²) in [5.41, 5.74) is -0.597. The van der Waals surface area contributed by atoms with E-state index in [9.17, 15) is 4.79 Å². The summed E-state index contributed by atoms with van der Waals surface area (Å²) in [5, 5.41) is 3.32. The minimum Gasteiger partial charge on any atom is -0.465 e. The summed E-state index contributed by atoms with van der Waals surface area (Å²) < 4.78 is 5.25. The number of nitrogens with one attached hydrogen (secondary N) is 1. The molecule has 1 aliphatic rings. The number of carbonyl (C=O) groups is 1. The smallest absolute Gasteiger partial charge is 0.326 e. The quantitative estimate of drug-likeness (QED) is 0.685. The molecule has 0 aromatic heterocycles. The molecular weight excluding hydrogens is 266 g/mol. The normalized spacial score (nSPS) is 24.0. The van der Waals surface area contributed by atoms with Crippen LogP contribution in [0.1, 0.15) is 40.5 Å². The molecule has 0 amide bonds. The highest BCUT2D eigenvalue weighted by molar-refractivity contribution is 5.80. The molecule has 124 valence electrons. The van der Waals surface area contributed by atoms with Crippen molar-refractivity contribution in [3.63, 3.8) is 0 Å². The van der Waals surface area contributed by atoms with E-state index in [-0.39, 0.29) is 5.97 Å². The average Bonchev–Trinajstić information content (AvgIpc) is 2.89. The number of ether oxygens (including phenoxy) is 1. The zero-order valence-electron chi connectivity index (χ0n) is 14.6. The van der Waals surface area contributed by atoms with Gasteiger partial charge in [-0.15, -0.1) is 0 Å². The second-order valence-electron chi connectivity index (χ2n) is 6.54. The van der Waals surface area contributed by atoms with Crippen molar-refractivity contribution in [2.75, 3.05) is 40.3 Å². The van der Waals surface area contributed by atoms with E-state index >= 15 is 0 Å². The fourth-order valence-electron chi connectivity index (χ4n) is 3.22. The lowest BCUT2D eigenvalue weighted by Crippen LogP contribution is -2.54. The second kappa shape index (κ2) is 8.11. The van der Waals surface area contributed by atoms with Crippen LogP contribution in [0.5, 0.6) is 0 Å². The number of nitrogens with zero attached hydrogens (tertiary/aromatic N) is 2. The highest BCUT2D eigenvalue weighted by Crippen LogP contribution is 2.23. The third-order valence-electron chi connectivity index (χ3n) is 4.54. The Balaban J connectivity index is 2.64. The minimum absolute atomic E-state index is 0.137. The maximum absolute atomic E-state index is 12.3. The lowest BCUT2D eigenvalue weighted by atomic mass is 9.93. The average molecular weight is 299 g/mol. The number of hydrogen-bond donors (Lipinski definition) is 1. The predicted octanol–water partition coefficient (Wildman–Crippen LogP) is 1.33. The Labute approximate surface area is 130 Å². The van der Waals surface area contributed by atoms with Crippen molar-refractivity contribution < 1.29 is 9.53 Å². The van der Waals surface area contributed by atoms with E-state index < -0.39 is 5.54 Å². The molecule has 3 atom stereocenters. The zero-order chi connectivity index (χ0) is 16.0. The molecule has 1 aliphatic heterocycles. The molecule has 1 heterocycles. The Morgan fingerprint density at radius 3 is 2.62 bits per heavy atom. The fraction of sp³-hybridized carbons (Fsp3) is 0.938. The third-order valence-corrected chi connectivity index (χ3v) is 4.54. The lowest BCUT2D eigenvalue weighted by Gasteiger charge is -2.34. The maximum atomic E-state index is 12.3. The SMILES string of the molecule is CCNC(C)(CC(C)N1CCC(N(C)C)C1)C(=O)OCC. The molecule has 1 fully saturated rings. The molecular formula is C16H33N3O2. The van der Waals surface area contributed by atoms with Crippen molar-refractivity contribution in [2.45, 2.75) is 58.2 Å². The van der Waals surface area contributed by atoms with Crippen LogP contribution in [0, 0.1) is 0 Å². The molecule has 0 radical (unpaired) electrons. The van der Waals surface area contributed by atoms with Gasteiger partial charge in [0.1, 0.15) is 5.54 Å². The Morgan fingerprint density at radius 2 is 2.14 bits per heavy atom. The molecule has 0 aromatic carbocycles. The molecule has 0 saturated carbocycles. The largest absolute Gasteiger partial charge is 0.465 e. The van der Waals surface area contributed by atoms with Gasteiger partial charge < -0.3 is 15.0 Å². The zero-order valence-corrected chi connectivity index (χ0v) is 14.6. The van der Waals surface area contributed by atoms with Gasteiger partial charge in [0.25, 0.3) is 0 Å². The first kappa shape index (κ1) is 18.4. The van der Waals surface area contributed by atoms with Crippen LogP contribution in [0.4, 0.5) is 0 Å². The summed E-state index contributed by atoms with van der Waals surface area (Å²) in [6, 6.07) is 0.990. The van der Waals surface area contributed by atoms with Crippen molar-refractivity contribution in [3.8, 4) is 0 Å². The van der Waals surface area contributed by atoms with E-state index in [1.54, 1.807) is 0 Å². The molecule has 0 aliphatic carbocycles. The highest BCUT2D eigenvalue weighted by Gasteiger charge is 2.38. The van der Waals surface area contributed by atoms with E-state index in [0.717, 1.165) is 26.1 Å². The number of likely N-dealkylation sites (tertiary alicyclic amines) is 1. The van der Waals surface area contributed by atoms with E-state index in [4.69, 9.17) is 4.74 Å². The molecule has 0 bridgehead atoms. The number of likely N-dealkylation sites (N-methyl/N-ethyl adjacent to an activating group) is 2. The Kier molecular flexibility index (Phi) is 7.10. The van der Waals surface area contributed by atoms with Gasteiger partial charge in [-0.3, -0.25) is 9.69 Å². The number of carbonyl (C=O) groups excluding carboxylic acids is 1. The first-order valence-electron chi connectivity index (χ1n) is 8.16. The topological polar surface area (TPSA) is 44.8 Å². The first-order valence-corrected chi connectivity index (χ1v) is 8.16. The van der Waals surface area contributed by atoms with Crippen molar-refractivity contribution in [1.29, 1.82) is 0 Å². The Hall–Kier alpha value is -0.650. The molecule has 5 nitrogen and oxygen atoms in total. The standard InChI is InChI=1S/C16H33N3O2/c1-7-17-16(4,15(20)21-8-2)11-13(3)19-10-9-14(12-19)18(5)6/h13-14,17H,7-12H2,1-6H3. The summed E-state index contributed by atoms with van der Waals surface area (Å²) in [7, 11) is 4.28. The Bertz CT molecular complexity index is 335. The summed E-state index contributed by atoms with van der Waals surface area (Å²) in [4.78, 5) is 17.0. The van der Waals surface area contributed by atoms with E-state index in [2.05, 4.69) is 36.1 Å². The van der Waals surface area contributed by atoms with Crippen molar-refractivity contribution >= 4 is 5.97 Å². The summed E-state index contributed by atoms with van der Waals surface area (Å²) in [6.45, 7) is 11.4. The monoisotopic (exact) mass is 299 g/mol. The van der Waals surface area contributed by atoms with Crippen LogP contribution in [-0.4, -0.2) is 73.7 Å². The Morgan fingerprint density at radius 1 is 1.48 bits per heavy atom. The molecule has 0 aromatic rings. The molecule has 1 saturated heterocycles. The van der Waals surface area contributed by atoms with Gasteiger partial charge >= 0.3 is 5.97 Å². The molecule has 0 spiro atoms. The summed E-state index contributed by atoms with van der Waals surface area (Å²) in [6.07, 6.45) is 1.98. The predicted molar refractivity (Wildman–Crippen MR) is 86.5 cm³/mol. The van der Waals surface area contributed by atoms with Gasteiger partial charge in [-0.2, -0.15) is 0 Å². The highest BCUT2D eigenvalue weighted by atomic mass is 16.5. The van der Waals surface area contributed by atoms with Crippen LogP contribution >= 0.6 is 0 Å². The third kappa shape index (κ3) is 4.94. The van der Waals surface area contributed by atoms with Crippen molar-refractivity contribution in [1.82, 2.24) is 15.1 Å². The second-order valence-corrected chi connectivity index (χ2v) is 6.54. The van der Waals surface area contributed by atoms with E-state index in [0.29, 0.717) is 18.7 Å². The first-order chi connectivity index (χ1) is 9.84. The number of esters is 1. The lowest BCUT2D eigenvalue weighted by molar-refractivity contribution is -0.151. The molecule has 21 heavy (non-hydrogen) atoms. The van der Waals surface area contributed by atoms with Crippen LogP contribution in [0.15, 0.2) is 0 Å². The molecule has 3 unspecified atom stereocenters. The summed E-state index contributed by atoms with van der Waals surface area (Å²) in [5.74, 6) is -0.137. The minimum atomic E-state index is -0.597. The van der Waals surface area contributed by atoms with Crippen LogP contribution < -0.4 is 5.32 Å². The van der Waals surface area contributed by atoms with Gasteiger partial charge in [0.15, 0.2) is 0 Å². The van der Waals surface area contributed by atoms with Crippen LogP contribution in [-0.2, 0) is 9.53 Å². The molecule has 5 heteroatoms. The molecule has 1 N–H and O–H groups in total. The van der Waals surface area contributed by atoms with Gasteiger partial charge in [-0.1, -0.05) is 6.92 Å². The van der Waals surface area contributed by atoms with Crippen LogP contribution in [0.25, 0.3) is 0 Å². The molecule has 1 rings (SSSR count). The van der Waals surface area contributed by atoms with Gasteiger partial charge in [0, 0.05) is 25.2 Å². The van der Waals surface area contributed by atoms with Gasteiger partial charge in [-0.25, -0.2) is 0 Å². The van der Waals surface area contributed by atoms with Crippen molar-refractivity contribution in [3.05, 3.63) is 0 Å². The van der Waals surface area contributed by atoms with Crippen LogP contribution in [0.3, 0.4) is 0 Å². The fourth-order valence-corrected chi connectivity index (χ4v) is 3.22. The number of hydrogen-bond acceptors (Lipinski definition) is 5. The maximum Gasteiger partial charge on any atom is 0.326 e. The van der Waals surface area contributed by atoms with E-state index in [1.165, 1.54) is 6.42 Å². The van der Waals surface area contributed by atoms with Gasteiger partial charge in [-0.05, 0) is 54.3 Å². The van der Waals surface area contributed by atoms with E-state index in [1.807, 2.05) is 20.8 Å². The van der Waals surface area contributed by atoms with Gasteiger partial charge in [0.2, 0.25) is 0 Å². The van der Waals surface area contributed by atoms with Gasteiger partial charge in [0.05, 0.1) is 6.61 Å².